The molecular formula is C21H33ClN4O2. The Morgan fingerprint density at radius 1 is 1.18 bits per heavy atom. The summed E-state index contributed by atoms with van der Waals surface area (Å²) >= 11 is 0. The number of halogens is 1. The lowest BCUT2D eigenvalue weighted by atomic mass is 9.84. The fraction of sp³-hybridized carbons (Fsp3) is 0.619. The van der Waals surface area contributed by atoms with Crippen molar-refractivity contribution in [1.82, 2.24) is 10.2 Å². The first-order chi connectivity index (χ1) is 13.1. The Kier molecular flexibility index (Phi) is 8.58. The van der Waals surface area contributed by atoms with Crippen molar-refractivity contribution in [3.8, 4) is 0 Å². The molecule has 0 bridgehead atoms. The van der Waals surface area contributed by atoms with Crippen LogP contribution in [0, 0.1) is 18.8 Å². The first kappa shape index (κ1) is 22.5. The number of benzene rings is 1. The molecule has 7 heteroatoms. The van der Waals surface area contributed by atoms with Crippen molar-refractivity contribution in [1.29, 1.82) is 0 Å². The molecule has 3 atom stereocenters. The van der Waals surface area contributed by atoms with Crippen LogP contribution in [0.15, 0.2) is 24.3 Å². The highest BCUT2D eigenvalue weighted by molar-refractivity contribution is 5.90. The summed E-state index contributed by atoms with van der Waals surface area (Å²) in [5, 5.41) is 6.18. The van der Waals surface area contributed by atoms with Gasteiger partial charge in [-0.3, -0.25) is 4.79 Å². The fourth-order valence-corrected chi connectivity index (χ4v) is 4.28. The average Bonchev–Trinajstić information content (AvgIpc) is 2.68. The molecule has 2 fully saturated rings. The average molecular weight is 409 g/mol. The first-order valence-electron chi connectivity index (χ1n) is 10.2. The lowest BCUT2D eigenvalue weighted by Gasteiger charge is -2.35. The van der Waals surface area contributed by atoms with Crippen LogP contribution in [0.25, 0.3) is 0 Å². The Hall–Kier alpha value is -1.79. The van der Waals surface area contributed by atoms with Crippen LogP contribution in [-0.4, -0.2) is 42.5 Å². The number of aryl methyl sites for hydroxylation is 1. The van der Waals surface area contributed by atoms with Crippen LogP contribution >= 0.6 is 12.4 Å². The van der Waals surface area contributed by atoms with Gasteiger partial charge in [-0.05, 0) is 62.8 Å². The maximum atomic E-state index is 12.8. The number of nitrogens with two attached hydrogens (primary N) is 1. The molecule has 0 aromatic heterocycles. The number of likely N-dealkylation sites (tertiary alicyclic amines) is 1. The Balaban J connectivity index is 0.00000280. The number of rotatable bonds is 4. The Morgan fingerprint density at radius 2 is 1.96 bits per heavy atom. The number of carbonyl (C=O) groups excluding carboxylic acids is 2. The molecule has 1 aliphatic heterocycles. The zero-order chi connectivity index (χ0) is 19.2. The second-order valence-corrected chi connectivity index (χ2v) is 7.98. The van der Waals surface area contributed by atoms with E-state index in [-0.39, 0.29) is 36.3 Å². The van der Waals surface area contributed by atoms with Gasteiger partial charge in [0.25, 0.3) is 0 Å². The molecule has 4 N–H and O–H groups in total. The second kappa shape index (κ2) is 10.7. The summed E-state index contributed by atoms with van der Waals surface area (Å²) in [6.07, 6.45) is 6.14. The van der Waals surface area contributed by atoms with Crippen LogP contribution in [0.5, 0.6) is 0 Å². The molecule has 1 aromatic rings. The molecule has 1 aromatic carbocycles. The standard InChI is InChI=1S/C21H32N4O2.ClH/c1-15-6-4-9-18(12-15)23-21(27)25-11-5-8-17(14-25)20(26)24-19-10-3-2-7-16(19)13-22;/h4,6,9,12,16-17,19H,2-3,5,7-8,10-11,13-14,22H2,1H3,(H,23,27)(H,24,26);1H. The predicted octanol–water partition coefficient (Wildman–Crippen LogP) is 3.29. The minimum absolute atomic E-state index is 0. The van der Waals surface area contributed by atoms with E-state index in [9.17, 15) is 9.59 Å². The molecule has 1 aliphatic carbocycles. The van der Waals surface area contributed by atoms with E-state index in [0.717, 1.165) is 43.4 Å². The monoisotopic (exact) mass is 408 g/mol. The Morgan fingerprint density at radius 3 is 2.71 bits per heavy atom. The minimum atomic E-state index is -0.137. The van der Waals surface area contributed by atoms with Crippen molar-refractivity contribution < 1.29 is 9.59 Å². The van der Waals surface area contributed by atoms with Crippen LogP contribution < -0.4 is 16.4 Å². The molecular weight excluding hydrogens is 376 g/mol. The number of amides is 3. The van der Waals surface area contributed by atoms with Gasteiger partial charge in [-0.25, -0.2) is 4.79 Å². The van der Waals surface area contributed by atoms with Gasteiger partial charge in [0.05, 0.1) is 5.92 Å². The Labute approximate surface area is 174 Å². The number of hydrogen-bond acceptors (Lipinski definition) is 3. The van der Waals surface area contributed by atoms with E-state index in [0.29, 0.717) is 25.6 Å². The van der Waals surface area contributed by atoms with Crippen molar-refractivity contribution in [3.05, 3.63) is 29.8 Å². The topological polar surface area (TPSA) is 87.5 Å². The summed E-state index contributed by atoms with van der Waals surface area (Å²) in [5.41, 5.74) is 7.77. The van der Waals surface area contributed by atoms with E-state index in [4.69, 9.17) is 5.73 Å². The highest BCUT2D eigenvalue weighted by atomic mass is 35.5. The lowest BCUT2D eigenvalue weighted by molar-refractivity contribution is -0.127. The van der Waals surface area contributed by atoms with Gasteiger partial charge in [-0.2, -0.15) is 0 Å². The van der Waals surface area contributed by atoms with Gasteiger partial charge in [0, 0.05) is 24.8 Å². The number of carbonyl (C=O) groups is 2. The quantitative estimate of drug-likeness (QED) is 0.714. The summed E-state index contributed by atoms with van der Waals surface area (Å²) in [7, 11) is 0. The first-order valence-corrected chi connectivity index (χ1v) is 10.2. The summed E-state index contributed by atoms with van der Waals surface area (Å²) in [5.74, 6) is 0.322. The maximum absolute atomic E-state index is 12.8. The third-order valence-corrected chi connectivity index (χ3v) is 5.89. The zero-order valence-corrected chi connectivity index (χ0v) is 17.5. The summed E-state index contributed by atoms with van der Waals surface area (Å²) < 4.78 is 0. The van der Waals surface area contributed by atoms with Crippen molar-refractivity contribution in [3.63, 3.8) is 0 Å². The normalized spacial score (nSPS) is 24.8. The molecule has 0 spiro atoms. The van der Waals surface area contributed by atoms with Gasteiger partial charge in [-0.15, -0.1) is 12.4 Å². The minimum Gasteiger partial charge on any atom is -0.353 e. The molecule has 1 saturated carbocycles. The third-order valence-electron chi connectivity index (χ3n) is 5.89. The van der Waals surface area contributed by atoms with Crippen LogP contribution in [0.1, 0.15) is 44.1 Å². The molecule has 2 aliphatic rings. The van der Waals surface area contributed by atoms with E-state index >= 15 is 0 Å². The highest BCUT2D eigenvalue weighted by Crippen LogP contribution is 2.25. The largest absolute Gasteiger partial charge is 0.353 e. The van der Waals surface area contributed by atoms with E-state index in [1.165, 1.54) is 6.42 Å². The number of hydrogen-bond donors (Lipinski definition) is 3. The van der Waals surface area contributed by atoms with Crippen LogP contribution in [0.4, 0.5) is 10.5 Å². The van der Waals surface area contributed by atoms with Gasteiger partial charge in [0.15, 0.2) is 0 Å². The smallest absolute Gasteiger partial charge is 0.321 e. The Bertz CT molecular complexity index is 670. The van der Waals surface area contributed by atoms with Gasteiger partial charge >= 0.3 is 6.03 Å². The highest BCUT2D eigenvalue weighted by Gasteiger charge is 2.32. The lowest BCUT2D eigenvalue weighted by Crippen LogP contribution is -2.51. The third kappa shape index (κ3) is 5.85. The molecule has 6 nitrogen and oxygen atoms in total. The molecule has 1 saturated heterocycles. The van der Waals surface area contributed by atoms with Crippen molar-refractivity contribution in [2.75, 3.05) is 25.0 Å². The van der Waals surface area contributed by atoms with E-state index in [2.05, 4.69) is 10.6 Å². The van der Waals surface area contributed by atoms with Crippen molar-refractivity contribution in [2.45, 2.75) is 51.5 Å². The number of urea groups is 1. The molecule has 0 radical (unpaired) electrons. The number of nitrogens with one attached hydrogen (secondary N) is 2. The summed E-state index contributed by atoms with van der Waals surface area (Å²) in [6, 6.07) is 7.81. The number of piperidine rings is 1. The second-order valence-electron chi connectivity index (χ2n) is 7.98. The van der Waals surface area contributed by atoms with E-state index < -0.39 is 0 Å². The molecule has 156 valence electrons. The number of nitrogens with zero attached hydrogens (tertiary/aromatic N) is 1. The van der Waals surface area contributed by atoms with Crippen LogP contribution in [0.3, 0.4) is 0 Å². The molecule has 1 heterocycles. The van der Waals surface area contributed by atoms with E-state index in [1.54, 1.807) is 4.90 Å². The summed E-state index contributed by atoms with van der Waals surface area (Å²) in [4.78, 5) is 27.2. The number of anilines is 1. The van der Waals surface area contributed by atoms with Gasteiger partial charge in [0.1, 0.15) is 0 Å². The van der Waals surface area contributed by atoms with Crippen molar-refractivity contribution >= 4 is 30.0 Å². The van der Waals surface area contributed by atoms with E-state index in [1.807, 2.05) is 31.2 Å². The van der Waals surface area contributed by atoms with Gasteiger partial charge in [0.2, 0.25) is 5.91 Å². The molecule has 28 heavy (non-hydrogen) atoms. The van der Waals surface area contributed by atoms with Gasteiger partial charge in [-0.1, -0.05) is 25.0 Å². The fourth-order valence-electron chi connectivity index (χ4n) is 4.28. The van der Waals surface area contributed by atoms with Crippen LogP contribution in [0.2, 0.25) is 0 Å². The van der Waals surface area contributed by atoms with Gasteiger partial charge < -0.3 is 21.3 Å². The molecule has 3 amide bonds. The maximum Gasteiger partial charge on any atom is 0.321 e. The zero-order valence-electron chi connectivity index (χ0n) is 16.7. The summed E-state index contributed by atoms with van der Waals surface area (Å²) in [6.45, 7) is 3.79. The predicted molar refractivity (Wildman–Crippen MR) is 115 cm³/mol. The van der Waals surface area contributed by atoms with Crippen LogP contribution in [-0.2, 0) is 4.79 Å². The molecule has 3 rings (SSSR count). The van der Waals surface area contributed by atoms with Crippen molar-refractivity contribution in [2.24, 2.45) is 17.6 Å². The SMILES string of the molecule is Cc1cccc(NC(=O)N2CCCC(C(=O)NC3CCCCC3CN)C2)c1.Cl. The molecule has 3 unspecified atom stereocenters.